The van der Waals surface area contributed by atoms with Crippen LogP contribution in [0, 0.1) is 13.8 Å². The predicted molar refractivity (Wildman–Crippen MR) is 86.8 cm³/mol. The van der Waals surface area contributed by atoms with Crippen molar-refractivity contribution in [1.82, 2.24) is 4.57 Å². The van der Waals surface area contributed by atoms with Crippen LogP contribution < -0.4 is 14.8 Å². The topological polar surface area (TPSA) is 35.4 Å². The van der Waals surface area contributed by atoms with E-state index < -0.39 is 0 Å². The molecular formula is C16H21ClN2O2. The summed E-state index contributed by atoms with van der Waals surface area (Å²) in [5.41, 5.74) is 4.59. The Bertz CT molecular complexity index is 650. The molecule has 21 heavy (non-hydrogen) atoms. The summed E-state index contributed by atoms with van der Waals surface area (Å²) in [7, 11) is 5.29. The Morgan fingerprint density at radius 3 is 2.29 bits per heavy atom. The van der Waals surface area contributed by atoms with E-state index in [0.717, 1.165) is 5.69 Å². The van der Waals surface area contributed by atoms with Gasteiger partial charge in [0, 0.05) is 31.0 Å². The van der Waals surface area contributed by atoms with E-state index in [1.165, 1.54) is 17.0 Å². The van der Waals surface area contributed by atoms with Gasteiger partial charge < -0.3 is 19.4 Å². The first-order valence-electron chi connectivity index (χ1n) is 6.75. The lowest BCUT2D eigenvalue weighted by Crippen LogP contribution is -2.03. The third kappa shape index (κ3) is 3.10. The van der Waals surface area contributed by atoms with Gasteiger partial charge in [0.05, 0.1) is 24.9 Å². The minimum atomic E-state index is 0.557. The van der Waals surface area contributed by atoms with E-state index in [1.807, 2.05) is 6.07 Å². The largest absolute Gasteiger partial charge is 0.495 e. The summed E-state index contributed by atoms with van der Waals surface area (Å²) in [6.45, 7) is 4.93. The second-order valence-electron chi connectivity index (χ2n) is 5.00. The first-order chi connectivity index (χ1) is 9.97. The molecule has 0 spiro atoms. The molecule has 0 aliphatic rings. The zero-order valence-corrected chi connectivity index (χ0v) is 13.8. The van der Waals surface area contributed by atoms with Crippen molar-refractivity contribution in [2.24, 2.45) is 7.05 Å². The number of halogens is 1. The fourth-order valence-corrected chi connectivity index (χ4v) is 2.54. The summed E-state index contributed by atoms with van der Waals surface area (Å²) >= 11 is 6.18. The molecule has 0 saturated heterocycles. The third-order valence-electron chi connectivity index (χ3n) is 3.82. The number of nitrogens with zero attached hydrogens (tertiary/aromatic N) is 1. The van der Waals surface area contributed by atoms with Crippen LogP contribution in [0.5, 0.6) is 11.5 Å². The Morgan fingerprint density at radius 2 is 1.76 bits per heavy atom. The Kier molecular flexibility index (Phi) is 4.68. The first kappa shape index (κ1) is 15.6. The molecule has 0 amide bonds. The lowest BCUT2D eigenvalue weighted by molar-refractivity contribution is 0.395. The molecule has 1 aromatic carbocycles. The molecule has 0 fully saturated rings. The minimum absolute atomic E-state index is 0.557. The first-order valence-corrected chi connectivity index (χ1v) is 7.13. The number of anilines is 1. The molecule has 5 heteroatoms. The van der Waals surface area contributed by atoms with Gasteiger partial charge in [0.1, 0.15) is 11.5 Å². The molecule has 2 aromatic rings. The maximum Gasteiger partial charge on any atom is 0.145 e. The molecule has 1 N–H and O–H groups in total. The number of aromatic nitrogens is 1. The molecule has 0 atom stereocenters. The Morgan fingerprint density at radius 1 is 1.10 bits per heavy atom. The van der Waals surface area contributed by atoms with Crippen LogP contribution in [0.15, 0.2) is 18.2 Å². The van der Waals surface area contributed by atoms with Crippen LogP contribution in [0.4, 0.5) is 5.69 Å². The van der Waals surface area contributed by atoms with Gasteiger partial charge in [0.2, 0.25) is 0 Å². The highest BCUT2D eigenvalue weighted by molar-refractivity contribution is 6.32. The zero-order chi connectivity index (χ0) is 15.6. The van der Waals surface area contributed by atoms with Crippen LogP contribution in [0.3, 0.4) is 0 Å². The summed E-state index contributed by atoms with van der Waals surface area (Å²) in [5.74, 6) is 1.31. The molecule has 1 heterocycles. The standard InChI is InChI=1S/C16H21ClN2O2/c1-10-6-12(11(2)19(10)3)9-18-14-7-13(17)15(20-4)8-16(14)21-5/h6-8,18H,9H2,1-5H3. The van der Waals surface area contributed by atoms with Gasteiger partial charge in [-0.15, -0.1) is 0 Å². The van der Waals surface area contributed by atoms with E-state index in [0.29, 0.717) is 23.1 Å². The molecule has 2 rings (SSSR count). The van der Waals surface area contributed by atoms with Crippen molar-refractivity contribution >= 4 is 17.3 Å². The monoisotopic (exact) mass is 308 g/mol. The van der Waals surface area contributed by atoms with Crippen LogP contribution >= 0.6 is 11.6 Å². The Hall–Kier alpha value is -1.81. The Labute approximate surface area is 130 Å². The SMILES string of the molecule is COc1cc(OC)c(NCc2cc(C)n(C)c2C)cc1Cl. The van der Waals surface area contributed by atoms with Gasteiger partial charge in [-0.05, 0) is 31.5 Å². The molecule has 0 radical (unpaired) electrons. The normalized spacial score (nSPS) is 10.6. The number of methoxy groups -OCH3 is 2. The molecular weight excluding hydrogens is 288 g/mol. The van der Waals surface area contributed by atoms with Gasteiger partial charge in [-0.3, -0.25) is 0 Å². The van der Waals surface area contributed by atoms with E-state index in [1.54, 1.807) is 20.3 Å². The minimum Gasteiger partial charge on any atom is -0.495 e. The number of rotatable bonds is 5. The summed E-state index contributed by atoms with van der Waals surface area (Å²) in [6.07, 6.45) is 0. The smallest absolute Gasteiger partial charge is 0.145 e. The van der Waals surface area contributed by atoms with Crippen molar-refractivity contribution in [1.29, 1.82) is 0 Å². The average Bonchev–Trinajstić information content (AvgIpc) is 2.72. The van der Waals surface area contributed by atoms with Gasteiger partial charge in [0.25, 0.3) is 0 Å². The molecule has 0 aliphatic heterocycles. The van der Waals surface area contributed by atoms with Crippen molar-refractivity contribution < 1.29 is 9.47 Å². The zero-order valence-electron chi connectivity index (χ0n) is 13.1. The highest BCUT2D eigenvalue weighted by Gasteiger charge is 2.11. The second kappa shape index (κ2) is 6.31. The highest BCUT2D eigenvalue weighted by Crippen LogP contribution is 2.36. The predicted octanol–water partition coefficient (Wildman–Crippen LogP) is 3.92. The van der Waals surface area contributed by atoms with Gasteiger partial charge in [-0.2, -0.15) is 0 Å². The van der Waals surface area contributed by atoms with Crippen molar-refractivity contribution in [3.8, 4) is 11.5 Å². The van der Waals surface area contributed by atoms with Crippen LogP contribution in [-0.4, -0.2) is 18.8 Å². The average molecular weight is 309 g/mol. The van der Waals surface area contributed by atoms with Gasteiger partial charge >= 0.3 is 0 Å². The summed E-state index contributed by atoms with van der Waals surface area (Å²) < 4.78 is 12.8. The molecule has 0 unspecified atom stereocenters. The van der Waals surface area contributed by atoms with E-state index in [2.05, 4.69) is 36.8 Å². The maximum atomic E-state index is 6.18. The van der Waals surface area contributed by atoms with Crippen molar-refractivity contribution in [3.05, 3.63) is 40.2 Å². The summed E-state index contributed by atoms with van der Waals surface area (Å²) in [5, 5.41) is 3.93. The van der Waals surface area contributed by atoms with Crippen LogP contribution in [0.25, 0.3) is 0 Å². The molecule has 114 valence electrons. The molecule has 0 bridgehead atoms. The van der Waals surface area contributed by atoms with Crippen LogP contribution in [0.1, 0.15) is 17.0 Å². The number of nitrogens with one attached hydrogen (secondary N) is 1. The van der Waals surface area contributed by atoms with E-state index >= 15 is 0 Å². The molecule has 0 aliphatic carbocycles. The van der Waals surface area contributed by atoms with E-state index in [4.69, 9.17) is 21.1 Å². The quantitative estimate of drug-likeness (QED) is 0.909. The molecule has 4 nitrogen and oxygen atoms in total. The summed E-state index contributed by atoms with van der Waals surface area (Å²) in [6, 6.07) is 5.79. The number of benzene rings is 1. The number of hydrogen-bond acceptors (Lipinski definition) is 3. The molecule has 0 saturated carbocycles. The summed E-state index contributed by atoms with van der Waals surface area (Å²) in [4.78, 5) is 0. The Balaban J connectivity index is 2.23. The lowest BCUT2D eigenvalue weighted by atomic mass is 10.2. The van der Waals surface area contributed by atoms with Gasteiger partial charge in [0.15, 0.2) is 0 Å². The fraction of sp³-hybridized carbons (Fsp3) is 0.375. The number of aryl methyl sites for hydroxylation is 1. The maximum absolute atomic E-state index is 6.18. The van der Waals surface area contributed by atoms with Crippen LogP contribution in [-0.2, 0) is 13.6 Å². The van der Waals surface area contributed by atoms with Crippen molar-refractivity contribution in [2.45, 2.75) is 20.4 Å². The number of ether oxygens (including phenoxy) is 2. The van der Waals surface area contributed by atoms with Gasteiger partial charge in [-0.1, -0.05) is 11.6 Å². The fourth-order valence-electron chi connectivity index (χ4n) is 2.30. The van der Waals surface area contributed by atoms with Crippen LogP contribution in [0.2, 0.25) is 5.02 Å². The highest BCUT2D eigenvalue weighted by atomic mass is 35.5. The van der Waals surface area contributed by atoms with Crippen molar-refractivity contribution in [3.63, 3.8) is 0 Å². The lowest BCUT2D eigenvalue weighted by Gasteiger charge is -2.14. The third-order valence-corrected chi connectivity index (χ3v) is 4.12. The van der Waals surface area contributed by atoms with E-state index in [-0.39, 0.29) is 0 Å². The van der Waals surface area contributed by atoms with E-state index in [9.17, 15) is 0 Å². The van der Waals surface area contributed by atoms with Gasteiger partial charge in [-0.25, -0.2) is 0 Å². The molecule has 1 aromatic heterocycles. The number of hydrogen-bond donors (Lipinski definition) is 1. The second-order valence-corrected chi connectivity index (χ2v) is 5.40. The van der Waals surface area contributed by atoms with Crippen molar-refractivity contribution in [2.75, 3.05) is 19.5 Å².